The van der Waals surface area contributed by atoms with E-state index < -0.39 is 17.8 Å². The number of hydrogen-bond acceptors (Lipinski definition) is 2. The van der Waals surface area contributed by atoms with Crippen molar-refractivity contribution >= 4 is 0 Å². The van der Waals surface area contributed by atoms with Crippen LogP contribution in [0, 0.1) is 18.6 Å². The number of hydrogen-bond donors (Lipinski definition) is 1. The molecule has 1 aromatic carbocycles. The summed E-state index contributed by atoms with van der Waals surface area (Å²) in [5.74, 6) is -0.508. The van der Waals surface area contributed by atoms with Crippen LogP contribution in [0.4, 0.5) is 13.2 Å². The molecule has 1 heterocycles. The molecule has 1 aliphatic carbocycles. The van der Waals surface area contributed by atoms with E-state index in [1.807, 2.05) is 18.4 Å². The molecule has 0 saturated heterocycles. The summed E-state index contributed by atoms with van der Waals surface area (Å²) in [6.07, 6.45) is 2.90. The molecule has 3 nitrogen and oxygen atoms in total. The van der Waals surface area contributed by atoms with Crippen molar-refractivity contribution in [1.82, 2.24) is 14.9 Å². The van der Waals surface area contributed by atoms with Gasteiger partial charge in [0.15, 0.2) is 0 Å². The number of halogens is 3. The monoisotopic (exact) mass is 351 g/mol. The summed E-state index contributed by atoms with van der Waals surface area (Å²) in [7, 11) is 0. The maximum Gasteiger partial charge on any atom is 0.128 e. The molecule has 6 heteroatoms. The summed E-state index contributed by atoms with van der Waals surface area (Å²) >= 11 is 0. The lowest BCUT2D eigenvalue weighted by Crippen LogP contribution is -2.33. The van der Waals surface area contributed by atoms with Crippen molar-refractivity contribution < 1.29 is 13.2 Å². The van der Waals surface area contributed by atoms with E-state index in [4.69, 9.17) is 0 Å². The van der Waals surface area contributed by atoms with Gasteiger partial charge in [-0.25, -0.2) is 18.2 Å². The van der Waals surface area contributed by atoms with Crippen LogP contribution >= 0.6 is 0 Å². The van der Waals surface area contributed by atoms with Crippen molar-refractivity contribution in [3.8, 4) is 5.69 Å². The minimum Gasteiger partial charge on any atom is -0.308 e. The zero-order chi connectivity index (χ0) is 18.0. The number of rotatable bonds is 5. The first kappa shape index (κ1) is 18.0. The van der Waals surface area contributed by atoms with E-state index in [1.165, 1.54) is 12.1 Å². The number of aromatic nitrogens is 2. The Morgan fingerprint density at radius 1 is 1.12 bits per heavy atom. The van der Waals surface area contributed by atoms with Gasteiger partial charge in [-0.15, -0.1) is 0 Å². The zero-order valence-electron chi connectivity index (χ0n) is 14.7. The molecule has 0 aliphatic heterocycles. The molecular formula is C19H24F3N3. The van der Waals surface area contributed by atoms with Crippen LogP contribution in [-0.4, -0.2) is 21.8 Å². The fourth-order valence-corrected chi connectivity index (χ4v) is 3.65. The van der Waals surface area contributed by atoms with Gasteiger partial charge < -0.3 is 9.88 Å². The largest absolute Gasteiger partial charge is 0.308 e. The van der Waals surface area contributed by atoms with Gasteiger partial charge in [0.2, 0.25) is 0 Å². The third-order valence-electron chi connectivity index (χ3n) is 4.88. The molecule has 1 aromatic heterocycles. The lowest BCUT2D eigenvalue weighted by atomic mass is 9.94. The predicted octanol–water partition coefficient (Wildman–Crippen LogP) is 4.39. The molecule has 0 radical (unpaired) electrons. The van der Waals surface area contributed by atoms with Gasteiger partial charge in [-0.05, 0) is 51.2 Å². The van der Waals surface area contributed by atoms with E-state index >= 15 is 0 Å². The average molecular weight is 351 g/mol. The van der Waals surface area contributed by atoms with Gasteiger partial charge in [0, 0.05) is 24.3 Å². The Bertz CT molecular complexity index is 714. The lowest BCUT2D eigenvalue weighted by molar-refractivity contribution is 0.219. The molecule has 1 fully saturated rings. The first-order valence-electron chi connectivity index (χ1n) is 8.89. The molecule has 0 atom stereocenters. The fraction of sp³-hybridized carbons (Fsp3) is 0.526. The number of imidazole rings is 1. The Balaban J connectivity index is 1.82. The summed E-state index contributed by atoms with van der Waals surface area (Å²) in [6.45, 7) is 4.41. The molecule has 1 aliphatic rings. The summed E-state index contributed by atoms with van der Waals surface area (Å²) in [5, 5.41) is 3.46. The molecule has 0 unspecified atom stereocenters. The normalized spacial score (nSPS) is 20.8. The Labute approximate surface area is 146 Å². The van der Waals surface area contributed by atoms with Gasteiger partial charge in [-0.1, -0.05) is 6.92 Å². The van der Waals surface area contributed by atoms with E-state index in [1.54, 1.807) is 0 Å². The van der Waals surface area contributed by atoms with E-state index in [9.17, 15) is 13.2 Å². The second-order valence-electron chi connectivity index (χ2n) is 6.70. The highest BCUT2D eigenvalue weighted by Crippen LogP contribution is 2.23. The lowest BCUT2D eigenvalue weighted by Gasteiger charge is -2.25. The van der Waals surface area contributed by atoms with Gasteiger partial charge in [0.05, 0.1) is 11.4 Å². The Kier molecular flexibility index (Phi) is 5.47. The van der Waals surface area contributed by atoms with Crippen molar-refractivity contribution in [2.75, 3.05) is 0 Å². The molecule has 0 amide bonds. The van der Waals surface area contributed by atoms with Crippen LogP contribution in [0.2, 0.25) is 0 Å². The van der Waals surface area contributed by atoms with Crippen LogP contribution in [0.5, 0.6) is 0 Å². The summed E-state index contributed by atoms with van der Waals surface area (Å²) in [4.78, 5) is 4.60. The quantitative estimate of drug-likeness (QED) is 0.866. The van der Waals surface area contributed by atoms with Crippen molar-refractivity contribution in [2.45, 2.75) is 64.7 Å². The van der Waals surface area contributed by atoms with E-state index in [-0.39, 0.29) is 0 Å². The number of aryl methyl sites for hydroxylation is 1. The van der Waals surface area contributed by atoms with Gasteiger partial charge in [0.1, 0.15) is 23.6 Å². The minimum absolute atomic E-state index is 0.300. The Hall–Kier alpha value is -1.82. The number of alkyl halides is 1. The molecule has 3 rings (SSSR count). The van der Waals surface area contributed by atoms with E-state index in [2.05, 4.69) is 10.3 Å². The molecule has 0 spiro atoms. The maximum absolute atomic E-state index is 13.6. The van der Waals surface area contributed by atoms with Gasteiger partial charge in [0.25, 0.3) is 0 Å². The van der Waals surface area contributed by atoms with Crippen LogP contribution in [0.1, 0.15) is 49.8 Å². The number of nitrogens with one attached hydrogen (secondary N) is 1. The SMILES string of the molecule is CCc1c(CNC2CCC(F)CC2)nc(C)n1-c1cc(F)cc(F)c1. The van der Waals surface area contributed by atoms with Crippen LogP contribution in [-0.2, 0) is 13.0 Å². The van der Waals surface area contributed by atoms with Crippen molar-refractivity contribution in [3.63, 3.8) is 0 Å². The van der Waals surface area contributed by atoms with Crippen LogP contribution in [0.25, 0.3) is 5.69 Å². The molecule has 25 heavy (non-hydrogen) atoms. The molecule has 2 aromatic rings. The highest BCUT2D eigenvalue weighted by atomic mass is 19.1. The summed E-state index contributed by atoms with van der Waals surface area (Å²) in [5.41, 5.74) is 2.27. The molecule has 0 bridgehead atoms. The number of nitrogens with zero attached hydrogens (tertiary/aromatic N) is 2. The molecule has 136 valence electrons. The third-order valence-corrected chi connectivity index (χ3v) is 4.88. The second kappa shape index (κ2) is 7.60. The molecule has 1 saturated carbocycles. The molecular weight excluding hydrogens is 327 g/mol. The fourth-order valence-electron chi connectivity index (χ4n) is 3.65. The highest BCUT2D eigenvalue weighted by molar-refractivity contribution is 5.38. The predicted molar refractivity (Wildman–Crippen MR) is 91.6 cm³/mol. The van der Waals surface area contributed by atoms with Crippen molar-refractivity contribution in [1.29, 1.82) is 0 Å². The Morgan fingerprint density at radius 3 is 2.36 bits per heavy atom. The highest BCUT2D eigenvalue weighted by Gasteiger charge is 2.21. The van der Waals surface area contributed by atoms with Gasteiger partial charge in [-0.3, -0.25) is 0 Å². The first-order chi connectivity index (χ1) is 12.0. The second-order valence-corrected chi connectivity index (χ2v) is 6.70. The smallest absolute Gasteiger partial charge is 0.128 e. The minimum atomic E-state index is -0.673. The van der Waals surface area contributed by atoms with Crippen LogP contribution < -0.4 is 5.32 Å². The maximum atomic E-state index is 13.6. The summed E-state index contributed by atoms with van der Waals surface area (Å²) in [6, 6.07) is 3.80. The van der Waals surface area contributed by atoms with Gasteiger partial charge >= 0.3 is 0 Å². The zero-order valence-corrected chi connectivity index (χ0v) is 14.7. The van der Waals surface area contributed by atoms with Crippen LogP contribution in [0.3, 0.4) is 0 Å². The van der Waals surface area contributed by atoms with E-state index in [0.29, 0.717) is 43.4 Å². The van der Waals surface area contributed by atoms with Crippen molar-refractivity contribution in [2.24, 2.45) is 0 Å². The van der Waals surface area contributed by atoms with E-state index in [0.717, 1.165) is 30.3 Å². The average Bonchev–Trinajstić information content (AvgIpc) is 2.89. The molecule has 1 N–H and O–H groups in total. The van der Waals surface area contributed by atoms with Crippen molar-refractivity contribution in [3.05, 3.63) is 47.0 Å². The standard InChI is InChI=1S/C19H24F3N3/c1-3-19-18(11-23-16-6-4-13(20)5-7-16)24-12(2)25(19)17-9-14(21)8-15(22)10-17/h8-10,13,16,23H,3-7,11H2,1-2H3. The Morgan fingerprint density at radius 2 is 1.76 bits per heavy atom. The third kappa shape index (κ3) is 4.06. The van der Waals surface area contributed by atoms with Crippen LogP contribution in [0.15, 0.2) is 18.2 Å². The summed E-state index contributed by atoms with van der Waals surface area (Å²) < 4.78 is 42.2. The number of benzene rings is 1. The first-order valence-corrected chi connectivity index (χ1v) is 8.89. The topological polar surface area (TPSA) is 29.9 Å². The van der Waals surface area contributed by atoms with Gasteiger partial charge in [-0.2, -0.15) is 0 Å².